The quantitative estimate of drug-likeness (QED) is 0.164. The molecule has 260 valence electrons. The third kappa shape index (κ3) is 5.19. The van der Waals surface area contributed by atoms with E-state index in [1.54, 1.807) is 0 Å². The van der Waals surface area contributed by atoms with Crippen LogP contribution in [-0.4, -0.2) is 4.57 Å². The average Bonchev–Trinajstić information content (AvgIpc) is 3.68. The number of rotatable bonds is 7. The van der Waals surface area contributed by atoms with Gasteiger partial charge in [0.2, 0.25) is 0 Å². The van der Waals surface area contributed by atoms with Crippen LogP contribution >= 0.6 is 0 Å². The van der Waals surface area contributed by atoms with Gasteiger partial charge in [-0.15, -0.1) is 0 Å². The summed E-state index contributed by atoms with van der Waals surface area (Å²) in [6.07, 6.45) is 7.35. The minimum Gasteiger partial charge on any atom is -0.311 e. The largest absolute Gasteiger partial charge is 0.311 e. The van der Waals surface area contributed by atoms with Crippen molar-refractivity contribution in [2.45, 2.75) is 25.2 Å². The molecule has 0 N–H and O–H groups in total. The lowest BCUT2D eigenvalue weighted by atomic mass is 9.74. The van der Waals surface area contributed by atoms with Gasteiger partial charge in [0.25, 0.3) is 0 Å². The van der Waals surface area contributed by atoms with Gasteiger partial charge < -0.3 is 14.4 Å². The molecule has 0 saturated heterocycles. The Labute approximate surface area is 317 Å². The van der Waals surface area contributed by atoms with Crippen LogP contribution in [0.2, 0.25) is 0 Å². The fourth-order valence-corrected chi connectivity index (χ4v) is 9.10. The Morgan fingerprint density at radius 1 is 0.481 bits per heavy atom. The molecule has 1 aromatic heterocycles. The summed E-state index contributed by atoms with van der Waals surface area (Å²) in [4.78, 5) is 4.77. The first-order chi connectivity index (χ1) is 26.6. The lowest BCUT2D eigenvalue weighted by Crippen LogP contribution is -2.27. The zero-order valence-electron chi connectivity index (χ0n) is 30.5. The van der Waals surface area contributed by atoms with Crippen molar-refractivity contribution in [3.05, 3.63) is 217 Å². The Morgan fingerprint density at radius 2 is 1.02 bits per heavy atom. The van der Waals surface area contributed by atoms with Gasteiger partial charge >= 0.3 is 0 Å². The molecule has 0 fully saturated rings. The highest BCUT2D eigenvalue weighted by Crippen LogP contribution is 2.54. The lowest BCUT2D eigenvalue weighted by Gasteiger charge is -2.34. The summed E-state index contributed by atoms with van der Waals surface area (Å²) >= 11 is 0. The van der Waals surface area contributed by atoms with E-state index in [0.717, 1.165) is 34.1 Å². The third-order valence-corrected chi connectivity index (χ3v) is 11.6. The van der Waals surface area contributed by atoms with Gasteiger partial charge in [0.15, 0.2) is 0 Å². The molecule has 0 saturated carbocycles. The number of aromatic nitrogens is 1. The highest BCUT2D eigenvalue weighted by atomic mass is 15.2. The van der Waals surface area contributed by atoms with Crippen LogP contribution in [0.1, 0.15) is 30.9 Å². The van der Waals surface area contributed by atoms with E-state index in [4.69, 9.17) is 0 Å². The first-order valence-corrected chi connectivity index (χ1v) is 18.9. The fourth-order valence-electron chi connectivity index (χ4n) is 9.10. The summed E-state index contributed by atoms with van der Waals surface area (Å²) in [5, 5.41) is 2.48. The summed E-state index contributed by atoms with van der Waals surface area (Å²) in [7, 11) is 0. The highest BCUT2D eigenvalue weighted by molar-refractivity contribution is 6.10. The van der Waals surface area contributed by atoms with Crippen molar-refractivity contribution < 1.29 is 0 Å². The maximum Gasteiger partial charge on any atom is 0.0542 e. The van der Waals surface area contributed by atoms with E-state index in [2.05, 4.69) is 228 Å². The molecule has 0 bridgehead atoms. The van der Waals surface area contributed by atoms with Crippen molar-refractivity contribution in [1.29, 1.82) is 0 Å². The molecule has 3 nitrogen and oxygen atoms in total. The predicted octanol–water partition coefficient (Wildman–Crippen LogP) is 13.5. The SMILES string of the molecule is CC1(C)c2ccccc2C2C=C(N(c3ccc(N(c4ccccc4)c4ccccc4)cc3)c3ccc4c(c3)c3ccccc3n4-c3ccccc3)C=CC21. The van der Waals surface area contributed by atoms with Crippen molar-refractivity contribution in [3.8, 4) is 5.69 Å². The van der Waals surface area contributed by atoms with Crippen molar-refractivity contribution in [2.24, 2.45) is 5.92 Å². The zero-order chi connectivity index (χ0) is 36.2. The van der Waals surface area contributed by atoms with E-state index in [0.29, 0.717) is 11.8 Å². The fraction of sp³-hybridized carbons (Fsp3) is 0.0980. The van der Waals surface area contributed by atoms with Gasteiger partial charge in [0.1, 0.15) is 0 Å². The Bertz CT molecular complexity index is 2650. The minimum atomic E-state index is 0.0583. The molecule has 0 spiro atoms. The molecule has 3 heteroatoms. The summed E-state index contributed by atoms with van der Waals surface area (Å²) in [5.74, 6) is 0.702. The molecule has 2 atom stereocenters. The number of fused-ring (bicyclic) bond motifs is 6. The first kappa shape index (κ1) is 32.1. The third-order valence-electron chi connectivity index (χ3n) is 11.6. The van der Waals surface area contributed by atoms with Crippen LogP contribution in [0.4, 0.5) is 28.4 Å². The predicted molar refractivity (Wildman–Crippen MR) is 227 cm³/mol. The molecule has 2 aliphatic carbocycles. The van der Waals surface area contributed by atoms with Crippen molar-refractivity contribution in [2.75, 3.05) is 9.80 Å². The van der Waals surface area contributed by atoms with Crippen LogP contribution in [0, 0.1) is 5.92 Å². The minimum absolute atomic E-state index is 0.0583. The summed E-state index contributed by atoms with van der Waals surface area (Å²) in [6.45, 7) is 4.80. The molecule has 0 aliphatic heterocycles. The van der Waals surface area contributed by atoms with Crippen molar-refractivity contribution >= 4 is 50.2 Å². The van der Waals surface area contributed by atoms with Crippen LogP contribution in [0.25, 0.3) is 27.5 Å². The molecule has 7 aromatic carbocycles. The number of hydrogen-bond donors (Lipinski definition) is 0. The van der Waals surface area contributed by atoms with Gasteiger partial charge in [-0.25, -0.2) is 0 Å². The summed E-state index contributed by atoms with van der Waals surface area (Å²) in [6, 6.07) is 65.8. The smallest absolute Gasteiger partial charge is 0.0542 e. The number of anilines is 5. The van der Waals surface area contributed by atoms with Crippen LogP contribution in [0.3, 0.4) is 0 Å². The van der Waals surface area contributed by atoms with Gasteiger partial charge in [-0.3, -0.25) is 0 Å². The molecule has 0 radical (unpaired) electrons. The number of benzene rings is 7. The van der Waals surface area contributed by atoms with Crippen LogP contribution in [-0.2, 0) is 5.41 Å². The molecule has 8 aromatic rings. The van der Waals surface area contributed by atoms with Gasteiger partial charge in [-0.1, -0.05) is 123 Å². The van der Waals surface area contributed by atoms with E-state index >= 15 is 0 Å². The standard InChI is InChI=1S/C51H41N3/c1-51(2)47-24-14-12-22-43(47)45-34-41(30-32-48(45)51)53(40-28-26-39(27-29-40)52(36-16-6-3-7-17-36)37-18-8-4-9-19-37)42-31-33-50-46(35-42)44-23-13-15-25-49(44)54(50)38-20-10-5-11-21-38/h3-35,45,48H,1-2H3. The summed E-state index contributed by atoms with van der Waals surface area (Å²) < 4.78 is 2.39. The topological polar surface area (TPSA) is 11.4 Å². The second kappa shape index (κ2) is 12.8. The van der Waals surface area contributed by atoms with E-state index < -0.39 is 0 Å². The molecule has 0 amide bonds. The second-order valence-corrected chi connectivity index (χ2v) is 15.1. The molecule has 54 heavy (non-hydrogen) atoms. The molecular weight excluding hydrogens is 655 g/mol. The average molecular weight is 696 g/mol. The van der Waals surface area contributed by atoms with E-state index in [-0.39, 0.29) is 5.41 Å². The Balaban J connectivity index is 1.14. The summed E-state index contributed by atoms with van der Waals surface area (Å²) in [5.41, 5.74) is 13.3. The monoisotopic (exact) mass is 695 g/mol. The van der Waals surface area contributed by atoms with Crippen LogP contribution in [0.15, 0.2) is 206 Å². The Hall–Kier alpha value is -6.58. The van der Waals surface area contributed by atoms with Gasteiger partial charge in [0.05, 0.1) is 11.0 Å². The lowest BCUT2D eigenvalue weighted by molar-refractivity contribution is 0.393. The van der Waals surface area contributed by atoms with Crippen molar-refractivity contribution in [1.82, 2.24) is 4.57 Å². The number of nitrogens with zero attached hydrogens (tertiary/aromatic N) is 3. The van der Waals surface area contributed by atoms with E-state index in [9.17, 15) is 0 Å². The Kier molecular flexibility index (Phi) is 7.62. The Morgan fingerprint density at radius 3 is 1.72 bits per heavy atom. The van der Waals surface area contributed by atoms with Crippen molar-refractivity contribution in [3.63, 3.8) is 0 Å². The number of para-hydroxylation sites is 4. The van der Waals surface area contributed by atoms with Crippen LogP contribution in [0.5, 0.6) is 0 Å². The molecular formula is C51H41N3. The number of allylic oxidation sites excluding steroid dienone is 3. The molecule has 10 rings (SSSR count). The maximum absolute atomic E-state index is 2.52. The van der Waals surface area contributed by atoms with Gasteiger partial charge in [0, 0.05) is 56.5 Å². The molecule has 2 unspecified atom stereocenters. The second-order valence-electron chi connectivity index (χ2n) is 15.1. The van der Waals surface area contributed by atoms with Gasteiger partial charge in [-0.05, 0) is 113 Å². The van der Waals surface area contributed by atoms with Crippen LogP contribution < -0.4 is 9.80 Å². The number of hydrogen-bond acceptors (Lipinski definition) is 2. The first-order valence-electron chi connectivity index (χ1n) is 18.9. The zero-order valence-corrected chi connectivity index (χ0v) is 30.5. The van der Waals surface area contributed by atoms with E-state index in [1.807, 2.05) is 0 Å². The van der Waals surface area contributed by atoms with Gasteiger partial charge in [-0.2, -0.15) is 0 Å². The van der Waals surface area contributed by atoms with E-state index in [1.165, 1.54) is 38.6 Å². The molecule has 2 aliphatic rings. The maximum atomic E-state index is 2.52. The normalized spacial score (nSPS) is 16.9. The molecule has 1 heterocycles. The highest BCUT2D eigenvalue weighted by Gasteiger charge is 2.45.